The first kappa shape index (κ1) is 21.2. The molecule has 0 bridgehead atoms. The van der Waals surface area contributed by atoms with Crippen LogP contribution in [0.4, 0.5) is 0 Å². The van der Waals surface area contributed by atoms with Gasteiger partial charge in [-0.3, -0.25) is 4.79 Å². The highest BCUT2D eigenvalue weighted by Gasteiger charge is 2.41. The normalized spacial score (nSPS) is 18.8. The van der Waals surface area contributed by atoms with Crippen molar-refractivity contribution in [2.75, 3.05) is 46.0 Å². The van der Waals surface area contributed by atoms with Crippen LogP contribution in [0.2, 0.25) is 0 Å². The van der Waals surface area contributed by atoms with Gasteiger partial charge in [-0.05, 0) is 25.8 Å². The Morgan fingerprint density at radius 2 is 1.93 bits per heavy atom. The number of carbonyl (C=O) groups excluding carboxylic acids is 1. The zero-order valence-electron chi connectivity index (χ0n) is 16.6. The van der Waals surface area contributed by atoms with E-state index in [0.29, 0.717) is 25.6 Å². The second-order valence-electron chi connectivity index (χ2n) is 7.59. The lowest BCUT2D eigenvalue weighted by Crippen LogP contribution is -2.57. The van der Waals surface area contributed by atoms with Crippen molar-refractivity contribution < 1.29 is 13.2 Å². The van der Waals surface area contributed by atoms with Gasteiger partial charge in [0.2, 0.25) is 5.91 Å². The summed E-state index contributed by atoms with van der Waals surface area (Å²) < 4.78 is 23.7. The van der Waals surface area contributed by atoms with Crippen LogP contribution >= 0.6 is 0 Å². The number of benzene rings is 1. The van der Waals surface area contributed by atoms with Gasteiger partial charge >= 0.3 is 0 Å². The third-order valence-electron chi connectivity index (χ3n) is 4.75. The molecule has 0 spiro atoms. The SMILES string of the molecule is CN(C)C(=O)CN=C(NCCc1ccccc1)N1CCS(=O)(=O)C(C)(C)C1. The van der Waals surface area contributed by atoms with Crippen molar-refractivity contribution >= 4 is 21.7 Å². The van der Waals surface area contributed by atoms with E-state index >= 15 is 0 Å². The summed E-state index contributed by atoms with van der Waals surface area (Å²) in [5.41, 5.74) is 1.20. The van der Waals surface area contributed by atoms with Gasteiger partial charge in [0.25, 0.3) is 0 Å². The molecule has 2 rings (SSSR count). The fourth-order valence-corrected chi connectivity index (χ4v) is 4.21. The topological polar surface area (TPSA) is 82.1 Å². The second-order valence-corrected chi connectivity index (χ2v) is 10.3. The minimum absolute atomic E-state index is 0.0321. The quantitative estimate of drug-likeness (QED) is 0.589. The number of hydrogen-bond donors (Lipinski definition) is 1. The van der Waals surface area contributed by atoms with Gasteiger partial charge in [0.15, 0.2) is 15.8 Å². The number of sulfone groups is 1. The fourth-order valence-electron chi connectivity index (χ4n) is 2.84. The Labute approximate surface area is 162 Å². The van der Waals surface area contributed by atoms with Crippen molar-refractivity contribution in [1.29, 1.82) is 0 Å². The van der Waals surface area contributed by atoms with Crippen LogP contribution in [-0.2, 0) is 21.1 Å². The third-order valence-corrected chi connectivity index (χ3v) is 7.28. The Bertz CT molecular complexity index is 773. The average molecular weight is 395 g/mol. The number of carbonyl (C=O) groups is 1. The molecule has 0 atom stereocenters. The van der Waals surface area contributed by atoms with Gasteiger partial charge in [-0.1, -0.05) is 30.3 Å². The average Bonchev–Trinajstić information content (AvgIpc) is 2.61. The van der Waals surface area contributed by atoms with Crippen molar-refractivity contribution in [2.45, 2.75) is 25.0 Å². The number of nitrogens with zero attached hydrogens (tertiary/aromatic N) is 3. The Morgan fingerprint density at radius 1 is 1.26 bits per heavy atom. The maximum atomic E-state index is 12.3. The Morgan fingerprint density at radius 3 is 2.52 bits per heavy atom. The summed E-state index contributed by atoms with van der Waals surface area (Å²) in [5, 5.41) is 3.31. The predicted octanol–water partition coefficient (Wildman–Crippen LogP) is 0.772. The predicted molar refractivity (Wildman–Crippen MR) is 109 cm³/mol. The largest absolute Gasteiger partial charge is 0.356 e. The van der Waals surface area contributed by atoms with Gasteiger partial charge in [-0.15, -0.1) is 0 Å². The summed E-state index contributed by atoms with van der Waals surface area (Å²) in [6.45, 7) is 4.89. The van der Waals surface area contributed by atoms with Crippen molar-refractivity contribution in [3.8, 4) is 0 Å². The number of rotatable bonds is 5. The number of nitrogens with one attached hydrogen (secondary N) is 1. The molecule has 1 N–H and O–H groups in total. The smallest absolute Gasteiger partial charge is 0.243 e. The molecular weight excluding hydrogens is 364 g/mol. The van der Waals surface area contributed by atoms with E-state index in [9.17, 15) is 13.2 Å². The Hall–Kier alpha value is -2.09. The van der Waals surface area contributed by atoms with Gasteiger partial charge in [0.05, 0.1) is 10.5 Å². The number of amides is 1. The lowest BCUT2D eigenvalue weighted by molar-refractivity contribution is -0.127. The van der Waals surface area contributed by atoms with E-state index in [1.54, 1.807) is 27.9 Å². The molecule has 1 heterocycles. The zero-order chi connectivity index (χ0) is 20.1. The molecule has 150 valence electrons. The molecule has 0 aliphatic carbocycles. The zero-order valence-corrected chi connectivity index (χ0v) is 17.4. The maximum absolute atomic E-state index is 12.3. The molecule has 1 fully saturated rings. The van der Waals surface area contributed by atoms with Gasteiger partial charge in [-0.2, -0.15) is 0 Å². The first-order valence-electron chi connectivity index (χ1n) is 9.12. The molecular formula is C19H30N4O3S. The number of likely N-dealkylation sites (N-methyl/N-ethyl adjacent to an activating group) is 1. The van der Waals surface area contributed by atoms with E-state index in [1.807, 2.05) is 23.1 Å². The first-order chi connectivity index (χ1) is 12.6. The number of guanidine groups is 1. The summed E-state index contributed by atoms with van der Waals surface area (Å²) in [5.74, 6) is 0.575. The van der Waals surface area contributed by atoms with E-state index in [4.69, 9.17) is 0 Å². The van der Waals surface area contributed by atoms with Crippen molar-refractivity contribution in [2.24, 2.45) is 4.99 Å². The first-order valence-corrected chi connectivity index (χ1v) is 10.8. The minimum Gasteiger partial charge on any atom is -0.356 e. The fraction of sp³-hybridized carbons (Fsp3) is 0.579. The Kier molecular flexibility index (Phi) is 6.86. The lowest BCUT2D eigenvalue weighted by Gasteiger charge is -2.39. The molecule has 1 saturated heterocycles. The molecule has 1 aliphatic heterocycles. The van der Waals surface area contributed by atoms with Gasteiger partial charge in [0, 0.05) is 33.7 Å². The second kappa shape index (κ2) is 8.73. The van der Waals surface area contributed by atoms with Crippen LogP contribution in [0.3, 0.4) is 0 Å². The number of hydrogen-bond acceptors (Lipinski definition) is 4. The summed E-state index contributed by atoms with van der Waals surface area (Å²) in [6.07, 6.45) is 0.816. The van der Waals surface area contributed by atoms with Crippen LogP contribution < -0.4 is 5.32 Å². The number of aliphatic imine (C=N–C) groups is 1. The monoisotopic (exact) mass is 394 g/mol. The van der Waals surface area contributed by atoms with Crippen molar-refractivity contribution in [3.05, 3.63) is 35.9 Å². The van der Waals surface area contributed by atoms with Crippen LogP contribution in [-0.4, -0.2) is 80.9 Å². The standard InChI is InChI=1S/C19H30N4O3S/c1-19(2)15-23(12-13-27(19,25)26)18(21-14-17(24)22(3)4)20-11-10-16-8-6-5-7-9-16/h5-9H,10-15H2,1-4H3,(H,20,21). The van der Waals surface area contributed by atoms with Gasteiger partial charge in [0.1, 0.15) is 6.54 Å². The molecule has 8 heteroatoms. The maximum Gasteiger partial charge on any atom is 0.243 e. The van der Waals surface area contributed by atoms with Crippen molar-refractivity contribution in [3.63, 3.8) is 0 Å². The van der Waals surface area contributed by atoms with E-state index < -0.39 is 14.6 Å². The molecule has 1 aliphatic rings. The molecule has 0 unspecified atom stereocenters. The van der Waals surface area contributed by atoms with Crippen molar-refractivity contribution in [1.82, 2.24) is 15.1 Å². The van der Waals surface area contributed by atoms with E-state index in [2.05, 4.69) is 22.4 Å². The van der Waals surface area contributed by atoms with Crippen LogP contribution in [0.5, 0.6) is 0 Å². The van der Waals surface area contributed by atoms with E-state index in [0.717, 1.165) is 6.42 Å². The molecule has 0 aromatic heterocycles. The lowest BCUT2D eigenvalue weighted by atomic mass is 10.1. The molecule has 0 saturated carbocycles. The molecule has 7 nitrogen and oxygen atoms in total. The molecule has 0 radical (unpaired) electrons. The molecule has 1 aromatic rings. The van der Waals surface area contributed by atoms with E-state index in [1.165, 1.54) is 10.5 Å². The minimum atomic E-state index is -3.14. The van der Waals surface area contributed by atoms with Crippen LogP contribution in [0.25, 0.3) is 0 Å². The molecule has 1 amide bonds. The summed E-state index contributed by atoms with van der Waals surface area (Å²) >= 11 is 0. The highest BCUT2D eigenvalue weighted by atomic mass is 32.2. The molecule has 1 aromatic carbocycles. The van der Waals surface area contributed by atoms with Crippen LogP contribution in [0, 0.1) is 0 Å². The summed E-state index contributed by atoms with van der Waals surface area (Å²) in [6, 6.07) is 10.1. The summed E-state index contributed by atoms with van der Waals surface area (Å²) in [7, 11) is 0.248. The van der Waals surface area contributed by atoms with Gasteiger partial charge < -0.3 is 15.1 Å². The van der Waals surface area contributed by atoms with Crippen LogP contribution in [0.1, 0.15) is 19.4 Å². The Balaban J connectivity index is 2.09. The highest BCUT2D eigenvalue weighted by Crippen LogP contribution is 2.23. The van der Waals surface area contributed by atoms with E-state index in [-0.39, 0.29) is 18.2 Å². The highest BCUT2D eigenvalue weighted by molar-refractivity contribution is 7.92. The molecule has 27 heavy (non-hydrogen) atoms. The van der Waals surface area contributed by atoms with Gasteiger partial charge in [-0.25, -0.2) is 13.4 Å². The summed E-state index contributed by atoms with van der Waals surface area (Å²) in [4.78, 5) is 19.8. The van der Waals surface area contributed by atoms with Crippen LogP contribution in [0.15, 0.2) is 35.3 Å². The third kappa shape index (κ3) is 5.69.